The Morgan fingerprint density at radius 3 is 2.44 bits per heavy atom. The van der Waals surface area contributed by atoms with Gasteiger partial charge in [0, 0.05) is 42.5 Å². The fourth-order valence-electron chi connectivity index (χ4n) is 4.31. The highest BCUT2D eigenvalue weighted by Gasteiger charge is 2.33. The Morgan fingerprint density at radius 2 is 1.72 bits per heavy atom. The SMILES string of the molecule is CN(C)c1ccc(NC(=O)C(c2cccs2)N(Cc2ccccc2F)C(=O)Cn2nnc3ccccc32)cc1. The summed E-state index contributed by atoms with van der Waals surface area (Å²) in [6.45, 7) is -0.269. The van der Waals surface area contributed by atoms with E-state index in [0.29, 0.717) is 27.2 Å². The van der Waals surface area contributed by atoms with Crippen LogP contribution in [0, 0.1) is 5.82 Å². The number of carbonyl (C=O) groups excluding carboxylic acids is 2. The minimum absolute atomic E-state index is 0.103. The molecule has 5 aromatic rings. The van der Waals surface area contributed by atoms with E-state index in [-0.39, 0.29) is 13.1 Å². The molecule has 5 rings (SSSR count). The Morgan fingerprint density at radius 1 is 0.974 bits per heavy atom. The second-order valence-corrected chi connectivity index (χ2v) is 10.2. The van der Waals surface area contributed by atoms with Gasteiger partial charge in [0.1, 0.15) is 23.9 Å². The van der Waals surface area contributed by atoms with Gasteiger partial charge in [-0.25, -0.2) is 9.07 Å². The molecule has 2 aromatic heterocycles. The van der Waals surface area contributed by atoms with Gasteiger partial charge in [-0.3, -0.25) is 9.59 Å². The van der Waals surface area contributed by atoms with Crippen LogP contribution in [0.25, 0.3) is 11.0 Å². The van der Waals surface area contributed by atoms with Crippen LogP contribution in [0.1, 0.15) is 16.5 Å². The first-order valence-corrected chi connectivity index (χ1v) is 13.2. The average Bonchev–Trinajstić information content (AvgIpc) is 3.60. The minimum Gasteiger partial charge on any atom is -0.378 e. The molecular weight excluding hydrogens is 515 g/mol. The van der Waals surface area contributed by atoms with E-state index in [0.717, 1.165) is 5.69 Å². The van der Waals surface area contributed by atoms with Crippen LogP contribution in [0.3, 0.4) is 0 Å². The molecule has 0 saturated heterocycles. The number of nitrogens with zero attached hydrogens (tertiary/aromatic N) is 5. The first-order chi connectivity index (χ1) is 18.9. The van der Waals surface area contributed by atoms with Gasteiger partial charge in [-0.15, -0.1) is 16.4 Å². The molecular formula is C29H27FN6O2S. The Hall–Kier alpha value is -4.57. The summed E-state index contributed by atoms with van der Waals surface area (Å²) in [5, 5.41) is 13.1. The Balaban J connectivity index is 1.50. The lowest BCUT2D eigenvalue weighted by Gasteiger charge is -2.31. The summed E-state index contributed by atoms with van der Waals surface area (Å²) in [5.74, 6) is -1.25. The smallest absolute Gasteiger partial charge is 0.252 e. The maximum atomic E-state index is 14.8. The summed E-state index contributed by atoms with van der Waals surface area (Å²) in [6.07, 6.45) is 0. The highest BCUT2D eigenvalue weighted by atomic mass is 32.1. The predicted molar refractivity (Wildman–Crippen MR) is 151 cm³/mol. The largest absolute Gasteiger partial charge is 0.378 e. The van der Waals surface area contributed by atoms with Gasteiger partial charge in [-0.05, 0) is 53.9 Å². The van der Waals surface area contributed by atoms with Crippen LogP contribution in [0.5, 0.6) is 0 Å². The average molecular weight is 543 g/mol. The Kier molecular flexibility index (Phi) is 7.64. The standard InChI is InChI=1S/C29H27FN6O2S/c1-34(2)22-15-13-21(14-16-22)31-29(38)28(26-12-7-17-39-26)35(18-20-8-3-4-9-23(20)30)27(37)19-36-25-11-6-5-10-24(25)32-33-36/h3-17,28H,18-19H2,1-2H3,(H,31,38). The third kappa shape index (κ3) is 5.80. The lowest BCUT2D eigenvalue weighted by atomic mass is 10.1. The molecule has 8 nitrogen and oxygen atoms in total. The lowest BCUT2D eigenvalue weighted by Crippen LogP contribution is -2.42. The molecule has 0 aliphatic heterocycles. The van der Waals surface area contributed by atoms with Crippen molar-refractivity contribution in [2.45, 2.75) is 19.1 Å². The van der Waals surface area contributed by atoms with Crippen LogP contribution in [-0.2, 0) is 22.7 Å². The maximum absolute atomic E-state index is 14.8. The van der Waals surface area contributed by atoms with Crippen molar-refractivity contribution in [3.63, 3.8) is 0 Å². The highest BCUT2D eigenvalue weighted by molar-refractivity contribution is 7.10. The molecule has 1 atom stereocenters. The number of hydrogen-bond donors (Lipinski definition) is 1. The van der Waals surface area contributed by atoms with Gasteiger partial charge in [0.25, 0.3) is 5.91 Å². The number of carbonyl (C=O) groups is 2. The number of nitrogens with one attached hydrogen (secondary N) is 1. The van der Waals surface area contributed by atoms with E-state index in [4.69, 9.17) is 0 Å². The van der Waals surface area contributed by atoms with Crippen molar-refractivity contribution in [1.29, 1.82) is 0 Å². The zero-order valence-electron chi connectivity index (χ0n) is 21.5. The Labute approximate surface area is 229 Å². The minimum atomic E-state index is -1.000. The molecule has 0 bridgehead atoms. The van der Waals surface area contributed by atoms with E-state index in [1.165, 1.54) is 27.0 Å². The second-order valence-electron chi connectivity index (χ2n) is 9.20. The van der Waals surface area contributed by atoms with Crippen LogP contribution < -0.4 is 10.2 Å². The van der Waals surface area contributed by atoms with Crippen LogP contribution in [0.4, 0.5) is 15.8 Å². The van der Waals surface area contributed by atoms with Crippen LogP contribution in [-0.4, -0.2) is 45.8 Å². The predicted octanol–water partition coefficient (Wildman–Crippen LogP) is 5.11. The monoisotopic (exact) mass is 542 g/mol. The molecule has 0 fully saturated rings. The number of thiophene rings is 1. The molecule has 3 aromatic carbocycles. The third-order valence-corrected chi connectivity index (χ3v) is 7.27. The number of halogens is 1. The van der Waals surface area contributed by atoms with Crippen molar-refractivity contribution in [3.8, 4) is 0 Å². The zero-order valence-corrected chi connectivity index (χ0v) is 22.3. The Bertz CT molecular complexity index is 1580. The van der Waals surface area contributed by atoms with Crippen molar-refractivity contribution in [1.82, 2.24) is 19.9 Å². The molecule has 0 aliphatic rings. The summed E-state index contributed by atoms with van der Waals surface area (Å²) in [7, 11) is 3.87. The molecule has 10 heteroatoms. The topological polar surface area (TPSA) is 83.4 Å². The van der Waals surface area contributed by atoms with Gasteiger partial charge in [0.2, 0.25) is 5.91 Å². The number of benzene rings is 3. The van der Waals surface area contributed by atoms with Crippen molar-refractivity contribution in [2.24, 2.45) is 0 Å². The summed E-state index contributed by atoms with van der Waals surface area (Å²) in [5.41, 5.74) is 3.22. The first kappa shape index (κ1) is 26.1. The van der Waals surface area contributed by atoms with E-state index in [2.05, 4.69) is 15.6 Å². The van der Waals surface area contributed by atoms with E-state index in [1.54, 1.807) is 24.3 Å². The number of anilines is 2. The molecule has 39 heavy (non-hydrogen) atoms. The van der Waals surface area contributed by atoms with Gasteiger partial charge >= 0.3 is 0 Å². The highest BCUT2D eigenvalue weighted by Crippen LogP contribution is 2.30. The van der Waals surface area contributed by atoms with Gasteiger partial charge in [-0.1, -0.05) is 41.6 Å². The number of hydrogen-bond acceptors (Lipinski definition) is 6. The summed E-state index contributed by atoms with van der Waals surface area (Å²) in [4.78, 5) is 31.8. The molecule has 198 valence electrons. The third-order valence-electron chi connectivity index (χ3n) is 6.35. The van der Waals surface area contributed by atoms with Gasteiger partial charge in [0.15, 0.2) is 0 Å². The summed E-state index contributed by atoms with van der Waals surface area (Å²) < 4.78 is 16.3. The van der Waals surface area contributed by atoms with Crippen molar-refractivity contribution in [2.75, 3.05) is 24.3 Å². The molecule has 1 N–H and O–H groups in total. The molecule has 0 radical (unpaired) electrons. The van der Waals surface area contributed by atoms with Crippen molar-refractivity contribution in [3.05, 3.63) is 107 Å². The summed E-state index contributed by atoms with van der Waals surface area (Å²) >= 11 is 1.36. The lowest BCUT2D eigenvalue weighted by molar-refractivity contribution is -0.140. The van der Waals surface area contributed by atoms with Gasteiger partial charge in [0.05, 0.1) is 5.52 Å². The summed E-state index contributed by atoms with van der Waals surface area (Å²) in [6, 6.07) is 23.6. The van der Waals surface area contributed by atoms with Crippen LogP contribution in [0.2, 0.25) is 0 Å². The number of aromatic nitrogens is 3. The first-order valence-electron chi connectivity index (χ1n) is 12.3. The van der Waals surface area contributed by atoms with Crippen LogP contribution >= 0.6 is 11.3 Å². The van der Waals surface area contributed by atoms with E-state index in [9.17, 15) is 14.0 Å². The molecule has 0 spiro atoms. The normalized spacial score (nSPS) is 11.8. The molecule has 0 saturated carbocycles. The number of amides is 2. The molecule has 2 heterocycles. The maximum Gasteiger partial charge on any atom is 0.252 e. The van der Waals surface area contributed by atoms with Crippen LogP contribution in [0.15, 0.2) is 90.3 Å². The van der Waals surface area contributed by atoms with E-state index >= 15 is 0 Å². The van der Waals surface area contributed by atoms with Crippen molar-refractivity contribution >= 4 is 45.6 Å². The molecule has 1 unspecified atom stereocenters. The second kappa shape index (κ2) is 11.4. The fraction of sp³-hybridized carbons (Fsp3) is 0.172. The quantitative estimate of drug-likeness (QED) is 0.280. The zero-order chi connectivity index (χ0) is 27.4. The van der Waals surface area contributed by atoms with E-state index in [1.807, 2.05) is 79.0 Å². The van der Waals surface area contributed by atoms with Crippen molar-refractivity contribution < 1.29 is 14.0 Å². The molecule has 2 amide bonds. The van der Waals surface area contributed by atoms with Gasteiger partial charge < -0.3 is 15.1 Å². The number of fused-ring (bicyclic) bond motifs is 1. The van der Waals surface area contributed by atoms with E-state index < -0.39 is 23.7 Å². The number of para-hydroxylation sites is 1. The number of rotatable bonds is 9. The molecule has 0 aliphatic carbocycles. The fourth-order valence-corrected chi connectivity index (χ4v) is 5.15. The van der Waals surface area contributed by atoms with Gasteiger partial charge in [-0.2, -0.15) is 0 Å².